The average molecular weight is 279 g/mol. The van der Waals surface area contributed by atoms with E-state index in [1.807, 2.05) is 0 Å². The molecule has 1 aromatic rings. The van der Waals surface area contributed by atoms with Crippen LogP contribution in [0.4, 0.5) is 15.8 Å². The molecule has 0 atom stereocenters. The number of benzene rings is 1. The number of non-ortho nitro benzene ring substituents is 1. The largest absolute Gasteiger partial charge is 0.462 e. The van der Waals surface area contributed by atoms with Gasteiger partial charge in [-0.05, 0) is 13.0 Å². The molecule has 0 aliphatic heterocycles. The highest BCUT2D eigenvalue weighted by atomic mass is 19.1. The minimum Gasteiger partial charge on any atom is -0.462 e. The van der Waals surface area contributed by atoms with E-state index in [4.69, 9.17) is 5.26 Å². The molecule has 1 aromatic carbocycles. The number of nitriles is 1. The molecule has 0 heterocycles. The van der Waals surface area contributed by atoms with Crippen molar-refractivity contribution in [2.45, 2.75) is 6.92 Å². The van der Waals surface area contributed by atoms with Crippen LogP contribution in [-0.4, -0.2) is 17.5 Å². The molecule has 1 rings (SSSR count). The van der Waals surface area contributed by atoms with Crippen molar-refractivity contribution in [2.75, 3.05) is 11.9 Å². The summed E-state index contributed by atoms with van der Waals surface area (Å²) in [5.41, 5.74) is -0.847. The minimum atomic E-state index is -0.878. The zero-order valence-electron chi connectivity index (χ0n) is 10.4. The number of esters is 1. The third-order valence-electron chi connectivity index (χ3n) is 2.15. The van der Waals surface area contributed by atoms with Crippen LogP contribution in [0, 0.1) is 27.3 Å². The van der Waals surface area contributed by atoms with Crippen LogP contribution in [0.15, 0.2) is 30.0 Å². The fourth-order valence-electron chi connectivity index (χ4n) is 1.23. The summed E-state index contributed by atoms with van der Waals surface area (Å²) in [5, 5.41) is 21.6. The first-order valence-corrected chi connectivity index (χ1v) is 5.47. The Morgan fingerprint density at radius 1 is 1.65 bits per heavy atom. The molecule has 20 heavy (non-hydrogen) atoms. The van der Waals surface area contributed by atoms with E-state index in [2.05, 4.69) is 10.1 Å². The van der Waals surface area contributed by atoms with Crippen LogP contribution in [0.3, 0.4) is 0 Å². The second-order valence-electron chi connectivity index (χ2n) is 3.46. The number of hydrogen-bond acceptors (Lipinski definition) is 6. The van der Waals surface area contributed by atoms with Crippen LogP contribution in [0.1, 0.15) is 6.92 Å². The Kier molecular flexibility index (Phi) is 5.17. The van der Waals surface area contributed by atoms with Gasteiger partial charge < -0.3 is 10.1 Å². The molecule has 0 aromatic heterocycles. The monoisotopic (exact) mass is 279 g/mol. The molecule has 0 aliphatic rings. The molecule has 0 spiro atoms. The van der Waals surface area contributed by atoms with Gasteiger partial charge in [0.1, 0.15) is 6.07 Å². The van der Waals surface area contributed by atoms with E-state index < -0.39 is 22.4 Å². The highest BCUT2D eigenvalue weighted by Gasteiger charge is 2.12. The van der Waals surface area contributed by atoms with Crippen molar-refractivity contribution in [3.05, 3.63) is 45.9 Å². The molecule has 8 heteroatoms. The van der Waals surface area contributed by atoms with Gasteiger partial charge in [0.05, 0.1) is 23.3 Å². The van der Waals surface area contributed by atoms with Crippen molar-refractivity contribution < 1.29 is 18.8 Å². The highest BCUT2D eigenvalue weighted by Crippen LogP contribution is 2.20. The number of anilines is 1. The third-order valence-corrected chi connectivity index (χ3v) is 2.15. The van der Waals surface area contributed by atoms with E-state index in [0.717, 1.165) is 24.4 Å². The first-order chi connectivity index (χ1) is 9.49. The summed E-state index contributed by atoms with van der Waals surface area (Å²) >= 11 is 0. The quantitative estimate of drug-likeness (QED) is 0.291. The van der Waals surface area contributed by atoms with E-state index in [1.54, 1.807) is 13.0 Å². The van der Waals surface area contributed by atoms with Crippen LogP contribution in [-0.2, 0) is 9.53 Å². The van der Waals surface area contributed by atoms with Gasteiger partial charge in [-0.2, -0.15) is 5.26 Å². The van der Waals surface area contributed by atoms with Crippen LogP contribution in [0.5, 0.6) is 0 Å². The summed E-state index contributed by atoms with van der Waals surface area (Å²) in [6, 6.07) is 4.55. The molecular formula is C12H10FN3O4. The van der Waals surface area contributed by atoms with E-state index in [0.29, 0.717) is 0 Å². The molecule has 0 aliphatic carbocycles. The second-order valence-corrected chi connectivity index (χ2v) is 3.46. The van der Waals surface area contributed by atoms with Gasteiger partial charge in [-0.3, -0.25) is 10.1 Å². The predicted molar refractivity (Wildman–Crippen MR) is 67.0 cm³/mol. The van der Waals surface area contributed by atoms with Crippen LogP contribution in [0.25, 0.3) is 0 Å². The Balaban J connectivity index is 2.91. The molecule has 0 radical (unpaired) electrons. The van der Waals surface area contributed by atoms with Gasteiger partial charge in [0.25, 0.3) is 5.69 Å². The zero-order chi connectivity index (χ0) is 15.1. The maximum absolute atomic E-state index is 13.5. The Morgan fingerprint density at radius 3 is 2.85 bits per heavy atom. The molecule has 0 unspecified atom stereocenters. The Bertz CT molecular complexity index is 607. The fourth-order valence-corrected chi connectivity index (χ4v) is 1.23. The van der Waals surface area contributed by atoms with E-state index in [9.17, 15) is 19.3 Å². The summed E-state index contributed by atoms with van der Waals surface area (Å²) in [6.45, 7) is 1.68. The standard InChI is InChI=1S/C12H10FN3O4/c1-2-20-12(17)8(6-14)7-15-11-4-3-9(16(18)19)5-10(11)13/h3-5,7,15H,2H2,1H3/b8-7-. The lowest BCUT2D eigenvalue weighted by Gasteiger charge is -2.04. The summed E-state index contributed by atoms with van der Waals surface area (Å²) in [6.07, 6.45) is 0.974. The lowest BCUT2D eigenvalue weighted by atomic mass is 10.2. The summed E-state index contributed by atoms with van der Waals surface area (Å²) < 4.78 is 18.1. The number of rotatable bonds is 5. The second kappa shape index (κ2) is 6.84. The number of nitrogens with zero attached hydrogens (tertiary/aromatic N) is 2. The van der Waals surface area contributed by atoms with Gasteiger partial charge in [0, 0.05) is 12.3 Å². The average Bonchev–Trinajstić information content (AvgIpc) is 2.41. The molecule has 1 N–H and O–H groups in total. The van der Waals surface area contributed by atoms with E-state index in [-0.39, 0.29) is 17.9 Å². The lowest BCUT2D eigenvalue weighted by Crippen LogP contribution is -2.08. The van der Waals surface area contributed by atoms with Crippen molar-refractivity contribution in [1.82, 2.24) is 0 Å². The Hall–Kier alpha value is -2.95. The molecule has 7 nitrogen and oxygen atoms in total. The molecule has 0 saturated heterocycles. The number of carbonyl (C=O) groups excluding carboxylic acids is 1. The van der Waals surface area contributed by atoms with Crippen molar-refractivity contribution in [3.63, 3.8) is 0 Å². The highest BCUT2D eigenvalue weighted by molar-refractivity contribution is 5.93. The smallest absolute Gasteiger partial charge is 0.350 e. The van der Waals surface area contributed by atoms with Crippen LogP contribution >= 0.6 is 0 Å². The fraction of sp³-hybridized carbons (Fsp3) is 0.167. The first-order valence-electron chi connectivity index (χ1n) is 5.47. The van der Waals surface area contributed by atoms with E-state index in [1.165, 1.54) is 0 Å². The number of nitrogens with one attached hydrogen (secondary N) is 1. The molecule has 0 amide bonds. The topological polar surface area (TPSA) is 105 Å². The van der Waals surface area contributed by atoms with Gasteiger partial charge in [0.15, 0.2) is 11.4 Å². The maximum atomic E-state index is 13.5. The van der Waals surface area contributed by atoms with Crippen molar-refractivity contribution in [3.8, 4) is 6.07 Å². The van der Waals surface area contributed by atoms with Gasteiger partial charge in [-0.15, -0.1) is 0 Å². The van der Waals surface area contributed by atoms with Gasteiger partial charge in [-0.25, -0.2) is 9.18 Å². The molecule has 0 saturated carbocycles. The van der Waals surface area contributed by atoms with Gasteiger partial charge in [-0.1, -0.05) is 0 Å². The van der Waals surface area contributed by atoms with Crippen molar-refractivity contribution in [2.24, 2.45) is 0 Å². The lowest BCUT2D eigenvalue weighted by molar-refractivity contribution is -0.385. The summed E-state index contributed by atoms with van der Waals surface area (Å²) in [7, 11) is 0. The normalized spacial score (nSPS) is 10.6. The molecule has 0 fully saturated rings. The number of hydrogen-bond donors (Lipinski definition) is 1. The summed E-state index contributed by atoms with van der Waals surface area (Å²) in [5.74, 6) is -1.72. The SMILES string of the molecule is CCOC(=O)/C(C#N)=C\Nc1ccc([N+](=O)[O-])cc1F. The number of nitro benzene ring substituents is 1. The molecular weight excluding hydrogens is 269 g/mol. The minimum absolute atomic E-state index is 0.101. The van der Waals surface area contributed by atoms with Crippen molar-refractivity contribution in [1.29, 1.82) is 5.26 Å². The van der Waals surface area contributed by atoms with Crippen molar-refractivity contribution >= 4 is 17.3 Å². The Labute approximate surface area is 113 Å². The molecule has 0 bridgehead atoms. The Morgan fingerprint density at radius 2 is 2.35 bits per heavy atom. The maximum Gasteiger partial charge on any atom is 0.350 e. The number of carbonyl (C=O) groups is 1. The molecule has 104 valence electrons. The van der Waals surface area contributed by atoms with Gasteiger partial charge in [0.2, 0.25) is 0 Å². The summed E-state index contributed by atoms with van der Waals surface area (Å²) in [4.78, 5) is 21.0. The van der Waals surface area contributed by atoms with Crippen LogP contribution < -0.4 is 5.32 Å². The zero-order valence-corrected chi connectivity index (χ0v) is 10.4. The van der Waals surface area contributed by atoms with Gasteiger partial charge >= 0.3 is 5.97 Å². The number of ether oxygens (including phenoxy) is 1. The number of halogens is 1. The number of nitro groups is 1. The van der Waals surface area contributed by atoms with Crippen LogP contribution in [0.2, 0.25) is 0 Å². The predicted octanol–water partition coefficient (Wildman–Crippen LogP) is 2.12. The van der Waals surface area contributed by atoms with E-state index >= 15 is 0 Å². The third kappa shape index (κ3) is 3.78. The first kappa shape index (κ1) is 15.1.